The number of hydrogen-bond donors (Lipinski definition) is 2. The molecule has 8 nitrogen and oxygen atoms in total. The molecule has 1 saturated heterocycles. The second-order valence-electron chi connectivity index (χ2n) is 6.48. The summed E-state index contributed by atoms with van der Waals surface area (Å²) in [7, 11) is 0. The lowest BCUT2D eigenvalue weighted by atomic mass is 10.1. The van der Waals surface area contributed by atoms with Gasteiger partial charge in [0.15, 0.2) is 0 Å². The van der Waals surface area contributed by atoms with Gasteiger partial charge in [-0.2, -0.15) is 0 Å². The van der Waals surface area contributed by atoms with Crippen LogP contribution in [0, 0.1) is 0 Å². The van der Waals surface area contributed by atoms with Crippen molar-refractivity contribution >= 4 is 29.7 Å². The van der Waals surface area contributed by atoms with E-state index in [9.17, 15) is 14.4 Å². The molecule has 24 heavy (non-hydrogen) atoms. The van der Waals surface area contributed by atoms with Crippen LogP contribution < -0.4 is 10.6 Å². The van der Waals surface area contributed by atoms with Crippen molar-refractivity contribution in [1.82, 2.24) is 15.5 Å². The number of halogens is 1. The van der Waals surface area contributed by atoms with Gasteiger partial charge in [0.1, 0.15) is 18.8 Å². The van der Waals surface area contributed by atoms with E-state index in [1.165, 1.54) is 0 Å². The number of piperidine rings is 1. The van der Waals surface area contributed by atoms with Crippen LogP contribution in [-0.2, 0) is 14.3 Å². The third kappa shape index (κ3) is 8.24. The standard InChI is InChI=1S/C15H26ClN3O5/c1-15(2,3)24-13(21)17-10-12(20)19-7-4-11(5-8-19)18-14(22)23-9-6-16/h11H,4-10H2,1-3H3,(H,17,21)(H,18,22). The maximum atomic E-state index is 12.1. The number of hydrogen-bond acceptors (Lipinski definition) is 5. The van der Waals surface area contributed by atoms with Crippen molar-refractivity contribution in [1.29, 1.82) is 0 Å². The Kier molecular flexibility index (Phi) is 8.10. The summed E-state index contributed by atoms with van der Waals surface area (Å²) in [4.78, 5) is 36.7. The molecular formula is C15H26ClN3O5. The van der Waals surface area contributed by atoms with Gasteiger partial charge in [-0.1, -0.05) is 0 Å². The van der Waals surface area contributed by atoms with Crippen LogP contribution in [0.1, 0.15) is 33.6 Å². The van der Waals surface area contributed by atoms with Gasteiger partial charge in [-0.25, -0.2) is 9.59 Å². The molecule has 0 spiro atoms. The summed E-state index contributed by atoms with van der Waals surface area (Å²) in [6, 6.07) is -0.0318. The number of carbonyl (C=O) groups is 3. The lowest BCUT2D eigenvalue weighted by Gasteiger charge is -2.32. The van der Waals surface area contributed by atoms with Crippen molar-refractivity contribution in [3.05, 3.63) is 0 Å². The minimum absolute atomic E-state index is 0.0318. The second-order valence-corrected chi connectivity index (χ2v) is 6.86. The van der Waals surface area contributed by atoms with Crippen molar-refractivity contribution < 1.29 is 23.9 Å². The highest BCUT2D eigenvalue weighted by Gasteiger charge is 2.25. The molecule has 0 unspecified atom stereocenters. The predicted octanol–water partition coefficient (Wildman–Crippen LogP) is 1.47. The van der Waals surface area contributed by atoms with Gasteiger partial charge >= 0.3 is 12.2 Å². The van der Waals surface area contributed by atoms with Gasteiger partial charge < -0.3 is 25.0 Å². The molecule has 1 aliphatic rings. The number of alkyl carbamates (subject to hydrolysis) is 2. The van der Waals surface area contributed by atoms with Gasteiger partial charge in [0.25, 0.3) is 0 Å². The fourth-order valence-corrected chi connectivity index (χ4v) is 2.26. The third-order valence-corrected chi connectivity index (χ3v) is 3.42. The van der Waals surface area contributed by atoms with Crippen LogP contribution in [0.2, 0.25) is 0 Å². The topological polar surface area (TPSA) is 97.0 Å². The van der Waals surface area contributed by atoms with Crippen LogP contribution in [0.25, 0.3) is 0 Å². The first-order valence-electron chi connectivity index (χ1n) is 7.95. The van der Waals surface area contributed by atoms with Gasteiger partial charge in [0.05, 0.1) is 5.88 Å². The smallest absolute Gasteiger partial charge is 0.408 e. The Hall–Kier alpha value is -1.70. The molecule has 3 amide bonds. The number of amides is 3. The SMILES string of the molecule is CC(C)(C)OC(=O)NCC(=O)N1CCC(NC(=O)OCCCl)CC1. The zero-order valence-corrected chi connectivity index (χ0v) is 15.1. The van der Waals surface area contributed by atoms with Crippen molar-refractivity contribution in [2.24, 2.45) is 0 Å². The molecule has 1 rings (SSSR count). The van der Waals surface area contributed by atoms with Gasteiger partial charge in [-0.15, -0.1) is 11.6 Å². The van der Waals surface area contributed by atoms with Crippen LogP contribution >= 0.6 is 11.6 Å². The second kappa shape index (κ2) is 9.56. The summed E-state index contributed by atoms with van der Waals surface area (Å²) in [5.41, 5.74) is -0.602. The quantitative estimate of drug-likeness (QED) is 0.721. The minimum Gasteiger partial charge on any atom is -0.448 e. The van der Waals surface area contributed by atoms with Crippen LogP contribution in [0.3, 0.4) is 0 Å². The average molecular weight is 364 g/mol. The molecule has 0 aromatic rings. The van der Waals surface area contributed by atoms with Gasteiger partial charge in [-0.3, -0.25) is 4.79 Å². The largest absolute Gasteiger partial charge is 0.448 e. The molecule has 0 aromatic carbocycles. The van der Waals surface area contributed by atoms with Crippen molar-refractivity contribution in [2.45, 2.75) is 45.3 Å². The highest BCUT2D eigenvalue weighted by molar-refractivity contribution is 6.18. The molecule has 0 bridgehead atoms. The molecule has 0 aliphatic carbocycles. The number of nitrogens with one attached hydrogen (secondary N) is 2. The van der Waals surface area contributed by atoms with E-state index in [0.717, 1.165) is 0 Å². The van der Waals surface area contributed by atoms with Gasteiger partial charge in [0, 0.05) is 19.1 Å². The molecule has 1 fully saturated rings. The van der Waals surface area contributed by atoms with E-state index in [1.54, 1.807) is 25.7 Å². The fraction of sp³-hybridized carbons (Fsp3) is 0.800. The summed E-state index contributed by atoms with van der Waals surface area (Å²) < 4.78 is 9.93. The fourth-order valence-electron chi connectivity index (χ4n) is 2.19. The summed E-state index contributed by atoms with van der Waals surface area (Å²) in [5, 5.41) is 5.19. The minimum atomic E-state index is -0.616. The van der Waals surface area contributed by atoms with Gasteiger partial charge in [-0.05, 0) is 33.6 Å². The molecule has 0 radical (unpaired) electrons. The van der Waals surface area contributed by atoms with Crippen LogP contribution in [0.5, 0.6) is 0 Å². The van der Waals surface area contributed by atoms with Crippen molar-refractivity contribution in [3.63, 3.8) is 0 Å². The van der Waals surface area contributed by atoms with E-state index < -0.39 is 17.8 Å². The number of alkyl halides is 1. The number of carbonyl (C=O) groups excluding carboxylic acids is 3. The summed E-state index contributed by atoms with van der Waals surface area (Å²) in [6.07, 6.45) is 0.156. The average Bonchev–Trinajstić information content (AvgIpc) is 2.49. The number of ether oxygens (including phenoxy) is 2. The maximum Gasteiger partial charge on any atom is 0.408 e. The van der Waals surface area contributed by atoms with Crippen molar-refractivity contribution in [3.8, 4) is 0 Å². The van der Waals surface area contributed by atoms with Crippen LogP contribution in [0.4, 0.5) is 9.59 Å². The Bertz CT molecular complexity index is 445. The Morgan fingerprint density at radius 2 is 1.79 bits per heavy atom. The Morgan fingerprint density at radius 1 is 1.17 bits per heavy atom. The van der Waals surface area contributed by atoms with E-state index >= 15 is 0 Å². The highest BCUT2D eigenvalue weighted by Crippen LogP contribution is 2.11. The maximum absolute atomic E-state index is 12.1. The Morgan fingerprint density at radius 3 is 2.33 bits per heavy atom. The summed E-state index contributed by atoms with van der Waals surface area (Å²) in [5.74, 6) is 0.0781. The summed E-state index contributed by atoms with van der Waals surface area (Å²) >= 11 is 5.44. The molecule has 1 heterocycles. The molecule has 0 atom stereocenters. The van der Waals surface area contributed by atoms with E-state index in [4.69, 9.17) is 21.1 Å². The van der Waals surface area contributed by atoms with E-state index in [-0.39, 0.29) is 31.0 Å². The molecular weight excluding hydrogens is 338 g/mol. The Labute approximate surface area is 147 Å². The molecule has 2 N–H and O–H groups in total. The number of rotatable bonds is 5. The lowest BCUT2D eigenvalue weighted by Crippen LogP contribution is -2.49. The molecule has 138 valence electrons. The number of likely N-dealkylation sites (tertiary alicyclic amines) is 1. The predicted molar refractivity (Wildman–Crippen MR) is 89.0 cm³/mol. The van der Waals surface area contributed by atoms with E-state index in [0.29, 0.717) is 25.9 Å². The van der Waals surface area contributed by atoms with Crippen LogP contribution in [-0.4, -0.2) is 66.8 Å². The number of nitrogens with zero attached hydrogens (tertiary/aromatic N) is 1. The van der Waals surface area contributed by atoms with E-state index in [2.05, 4.69) is 10.6 Å². The third-order valence-electron chi connectivity index (χ3n) is 3.26. The molecule has 9 heteroatoms. The Balaban J connectivity index is 2.25. The molecule has 0 aromatic heterocycles. The van der Waals surface area contributed by atoms with Crippen molar-refractivity contribution in [2.75, 3.05) is 32.1 Å². The zero-order valence-electron chi connectivity index (χ0n) is 14.4. The van der Waals surface area contributed by atoms with E-state index in [1.807, 2.05) is 0 Å². The lowest BCUT2D eigenvalue weighted by molar-refractivity contribution is -0.131. The molecule has 1 aliphatic heterocycles. The van der Waals surface area contributed by atoms with Crippen LogP contribution in [0.15, 0.2) is 0 Å². The molecule has 0 saturated carbocycles. The highest BCUT2D eigenvalue weighted by atomic mass is 35.5. The summed E-state index contributed by atoms with van der Waals surface area (Å²) in [6.45, 7) is 6.34. The first-order chi connectivity index (χ1) is 11.2. The van der Waals surface area contributed by atoms with Gasteiger partial charge in [0.2, 0.25) is 5.91 Å². The first kappa shape index (κ1) is 20.3. The zero-order chi connectivity index (χ0) is 18.2. The first-order valence-corrected chi connectivity index (χ1v) is 8.48. The monoisotopic (exact) mass is 363 g/mol. The normalized spacial score (nSPS) is 15.6.